The molecule has 0 aliphatic rings. The Morgan fingerprint density at radius 1 is 1.33 bits per heavy atom. The summed E-state index contributed by atoms with van der Waals surface area (Å²) in [5, 5.41) is 13.0. The Balaban J connectivity index is 2.50. The van der Waals surface area contributed by atoms with Crippen LogP contribution in [0.15, 0.2) is 35.0 Å². The molecule has 1 heterocycles. The van der Waals surface area contributed by atoms with Gasteiger partial charge in [0, 0.05) is 0 Å². The highest BCUT2D eigenvalue weighted by molar-refractivity contribution is 7.08. The lowest BCUT2D eigenvalue weighted by Crippen LogP contribution is -1.95. The van der Waals surface area contributed by atoms with Gasteiger partial charge in [-0.25, -0.2) is 4.79 Å². The summed E-state index contributed by atoms with van der Waals surface area (Å²) < 4.78 is 0. The Bertz CT molecular complexity index is 500. The molecule has 1 aromatic heterocycles. The van der Waals surface area contributed by atoms with E-state index in [1.807, 2.05) is 18.4 Å². The van der Waals surface area contributed by atoms with Crippen LogP contribution in [-0.2, 0) is 0 Å². The molecule has 76 valence electrons. The lowest BCUT2D eigenvalue weighted by molar-refractivity contribution is 0.0697. The average Bonchev–Trinajstić information content (AvgIpc) is 2.64. The van der Waals surface area contributed by atoms with E-state index in [0.29, 0.717) is 5.56 Å². The van der Waals surface area contributed by atoms with E-state index in [9.17, 15) is 4.79 Å². The number of carbonyl (C=O) groups is 1. The van der Waals surface area contributed by atoms with Gasteiger partial charge < -0.3 is 5.11 Å². The maximum Gasteiger partial charge on any atom is 0.335 e. The fourth-order valence-electron chi connectivity index (χ4n) is 1.48. The fourth-order valence-corrected chi connectivity index (χ4v) is 2.33. The normalized spacial score (nSPS) is 10.2. The van der Waals surface area contributed by atoms with Crippen molar-refractivity contribution in [2.45, 2.75) is 6.92 Å². The molecule has 0 radical (unpaired) electrons. The van der Waals surface area contributed by atoms with Gasteiger partial charge in [-0.05, 0) is 46.5 Å². The van der Waals surface area contributed by atoms with E-state index in [-0.39, 0.29) is 0 Å². The van der Waals surface area contributed by atoms with Gasteiger partial charge >= 0.3 is 5.97 Å². The van der Waals surface area contributed by atoms with Crippen molar-refractivity contribution in [1.82, 2.24) is 0 Å². The van der Waals surface area contributed by atoms with Crippen molar-refractivity contribution in [3.05, 3.63) is 46.2 Å². The molecule has 1 N–H and O–H groups in total. The zero-order valence-electron chi connectivity index (χ0n) is 8.23. The average molecular weight is 218 g/mol. The van der Waals surface area contributed by atoms with Gasteiger partial charge in [-0.15, -0.1) is 0 Å². The van der Waals surface area contributed by atoms with E-state index in [0.717, 1.165) is 11.1 Å². The standard InChI is InChI=1S/C12H10O2S/c1-8-6-15-7-11(8)9-3-2-4-10(5-9)12(13)14/h2-7H,1H3,(H,13,14). The summed E-state index contributed by atoms with van der Waals surface area (Å²) in [4.78, 5) is 10.8. The predicted octanol–water partition coefficient (Wildman–Crippen LogP) is 3.42. The number of benzene rings is 1. The van der Waals surface area contributed by atoms with Gasteiger partial charge in [0.15, 0.2) is 0 Å². The molecule has 2 nitrogen and oxygen atoms in total. The quantitative estimate of drug-likeness (QED) is 0.838. The van der Waals surface area contributed by atoms with E-state index < -0.39 is 5.97 Å². The molecule has 0 atom stereocenters. The van der Waals surface area contributed by atoms with Crippen molar-refractivity contribution in [3.8, 4) is 11.1 Å². The van der Waals surface area contributed by atoms with Crippen molar-refractivity contribution >= 4 is 17.3 Å². The number of aromatic carboxylic acids is 1. The smallest absolute Gasteiger partial charge is 0.335 e. The second-order valence-electron chi connectivity index (χ2n) is 3.35. The van der Waals surface area contributed by atoms with Crippen LogP contribution in [0.4, 0.5) is 0 Å². The molecular weight excluding hydrogens is 208 g/mol. The van der Waals surface area contributed by atoms with E-state index >= 15 is 0 Å². The minimum atomic E-state index is -0.885. The molecule has 0 fully saturated rings. The topological polar surface area (TPSA) is 37.3 Å². The van der Waals surface area contributed by atoms with Crippen molar-refractivity contribution in [2.75, 3.05) is 0 Å². The first-order valence-electron chi connectivity index (χ1n) is 4.55. The number of hydrogen-bond donors (Lipinski definition) is 1. The van der Waals surface area contributed by atoms with Crippen molar-refractivity contribution < 1.29 is 9.90 Å². The Hall–Kier alpha value is -1.61. The van der Waals surface area contributed by atoms with Crippen LogP contribution in [0.25, 0.3) is 11.1 Å². The molecule has 0 saturated heterocycles. The monoisotopic (exact) mass is 218 g/mol. The van der Waals surface area contributed by atoms with Crippen LogP contribution in [-0.4, -0.2) is 11.1 Å². The van der Waals surface area contributed by atoms with Crippen LogP contribution >= 0.6 is 11.3 Å². The third kappa shape index (κ3) is 1.92. The highest BCUT2D eigenvalue weighted by Crippen LogP contribution is 2.27. The van der Waals surface area contributed by atoms with Gasteiger partial charge in [-0.1, -0.05) is 12.1 Å². The molecule has 1 aromatic carbocycles. The summed E-state index contributed by atoms with van der Waals surface area (Å²) >= 11 is 1.63. The van der Waals surface area contributed by atoms with Gasteiger partial charge in [0.05, 0.1) is 5.56 Å². The Morgan fingerprint density at radius 2 is 2.13 bits per heavy atom. The van der Waals surface area contributed by atoms with Crippen LogP contribution in [0.2, 0.25) is 0 Å². The molecule has 0 unspecified atom stereocenters. The minimum absolute atomic E-state index is 0.332. The van der Waals surface area contributed by atoms with E-state index in [2.05, 4.69) is 5.38 Å². The SMILES string of the molecule is Cc1cscc1-c1cccc(C(=O)O)c1. The van der Waals surface area contributed by atoms with E-state index in [1.54, 1.807) is 29.5 Å². The van der Waals surface area contributed by atoms with Gasteiger partial charge in [0.25, 0.3) is 0 Å². The first kappa shape index (κ1) is 9.93. The molecule has 15 heavy (non-hydrogen) atoms. The van der Waals surface area contributed by atoms with Crippen molar-refractivity contribution in [2.24, 2.45) is 0 Å². The second kappa shape index (κ2) is 3.87. The lowest BCUT2D eigenvalue weighted by atomic mass is 10.0. The minimum Gasteiger partial charge on any atom is -0.478 e. The zero-order valence-corrected chi connectivity index (χ0v) is 9.04. The van der Waals surface area contributed by atoms with Crippen LogP contribution in [0.5, 0.6) is 0 Å². The highest BCUT2D eigenvalue weighted by atomic mass is 32.1. The largest absolute Gasteiger partial charge is 0.478 e. The first-order chi connectivity index (χ1) is 7.18. The maximum atomic E-state index is 10.8. The number of rotatable bonds is 2. The van der Waals surface area contributed by atoms with Crippen LogP contribution < -0.4 is 0 Å². The summed E-state index contributed by atoms with van der Waals surface area (Å²) in [6.07, 6.45) is 0. The molecule has 2 aromatic rings. The molecule has 0 aliphatic carbocycles. The summed E-state index contributed by atoms with van der Waals surface area (Å²) in [6.45, 7) is 2.03. The van der Waals surface area contributed by atoms with Gasteiger partial charge in [-0.3, -0.25) is 0 Å². The molecule has 0 spiro atoms. The zero-order chi connectivity index (χ0) is 10.8. The van der Waals surface area contributed by atoms with E-state index in [1.165, 1.54) is 5.56 Å². The summed E-state index contributed by atoms with van der Waals surface area (Å²) in [7, 11) is 0. The number of aryl methyl sites for hydroxylation is 1. The predicted molar refractivity (Wildman–Crippen MR) is 61.5 cm³/mol. The van der Waals surface area contributed by atoms with Gasteiger partial charge in [0.2, 0.25) is 0 Å². The second-order valence-corrected chi connectivity index (χ2v) is 4.10. The summed E-state index contributed by atoms with van der Waals surface area (Å²) in [5.41, 5.74) is 3.59. The van der Waals surface area contributed by atoms with Crippen LogP contribution in [0, 0.1) is 6.92 Å². The molecule has 2 rings (SSSR count). The Kier molecular flexibility index (Phi) is 2.56. The third-order valence-corrected chi connectivity index (χ3v) is 3.14. The van der Waals surface area contributed by atoms with E-state index in [4.69, 9.17) is 5.11 Å². The number of hydrogen-bond acceptors (Lipinski definition) is 2. The molecule has 3 heteroatoms. The number of carboxylic acids is 1. The van der Waals surface area contributed by atoms with Crippen LogP contribution in [0.3, 0.4) is 0 Å². The third-order valence-electron chi connectivity index (χ3n) is 2.28. The Labute approximate surface area is 91.8 Å². The van der Waals surface area contributed by atoms with Gasteiger partial charge in [-0.2, -0.15) is 11.3 Å². The highest BCUT2D eigenvalue weighted by Gasteiger charge is 2.06. The fraction of sp³-hybridized carbons (Fsp3) is 0.0833. The maximum absolute atomic E-state index is 10.8. The van der Waals surface area contributed by atoms with Crippen molar-refractivity contribution in [3.63, 3.8) is 0 Å². The summed E-state index contributed by atoms with van der Waals surface area (Å²) in [6, 6.07) is 7.02. The molecule has 0 aliphatic heterocycles. The summed E-state index contributed by atoms with van der Waals surface area (Å²) in [5.74, 6) is -0.885. The molecular formula is C12H10O2S. The number of carboxylic acid groups (broad SMARTS) is 1. The lowest BCUT2D eigenvalue weighted by Gasteiger charge is -2.01. The first-order valence-corrected chi connectivity index (χ1v) is 5.49. The van der Waals surface area contributed by atoms with Crippen molar-refractivity contribution in [1.29, 1.82) is 0 Å². The Morgan fingerprint density at radius 3 is 2.73 bits per heavy atom. The van der Waals surface area contributed by atoms with Crippen LogP contribution in [0.1, 0.15) is 15.9 Å². The number of thiophene rings is 1. The molecule has 0 bridgehead atoms. The van der Waals surface area contributed by atoms with Gasteiger partial charge in [0.1, 0.15) is 0 Å². The molecule has 0 amide bonds. The molecule has 0 saturated carbocycles.